The van der Waals surface area contributed by atoms with E-state index in [9.17, 15) is 9.59 Å². The van der Waals surface area contributed by atoms with Gasteiger partial charge in [0.05, 0.1) is 12.1 Å². The van der Waals surface area contributed by atoms with Crippen LogP contribution in [-0.2, 0) is 4.79 Å². The SMILES string of the molecule is CN(C)C(=O)CN(C)C(=O)c1ccc(C#N)cn1. The zero-order valence-corrected chi connectivity index (χ0v) is 10.5. The molecule has 0 unspecified atom stereocenters. The van der Waals surface area contributed by atoms with Gasteiger partial charge in [0.2, 0.25) is 5.91 Å². The normalized spacial score (nSPS) is 9.44. The lowest BCUT2D eigenvalue weighted by Crippen LogP contribution is -2.38. The molecule has 0 spiro atoms. The first-order chi connectivity index (χ1) is 8.45. The molecule has 6 heteroatoms. The molecule has 0 saturated carbocycles. The molecule has 94 valence electrons. The minimum absolute atomic E-state index is 0.00643. The van der Waals surface area contributed by atoms with Gasteiger partial charge < -0.3 is 9.80 Å². The summed E-state index contributed by atoms with van der Waals surface area (Å²) in [6.45, 7) is -0.00643. The molecule has 1 heterocycles. The van der Waals surface area contributed by atoms with Crippen LogP contribution in [0.25, 0.3) is 0 Å². The van der Waals surface area contributed by atoms with E-state index in [0.717, 1.165) is 0 Å². The van der Waals surface area contributed by atoms with Gasteiger partial charge in [0.15, 0.2) is 0 Å². The second-order valence-corrected chi connectivity index (χ2v) is 3.99. The van der Waals surface area contributed by atoms with Crippen molar-refractivity contribution in [1.29, 1.82) is 5.26 Å². The van der Waals surface area contributed by atoms with Gasteiger partial charge >= 0.3 is 0 Å². The molecule has 0 aliphatic carbocycles. The maximum atomic E-state index is 11.9. The van der Waals surface area contributed by atoms with Crippen LogP contribution in [0.15, 0.2) is 18.3 Å². The molecular formula is C12H14N4O2. The largest absolute Gasteiger partial charge is 0.347 e. The Hall–Kier alpha value is -2.42. The first kappa shape index (κ1) is 13.6. The van der Waals surface area contributed by atoms with Crippen molar-refractivity contribution < 1.29 is 9.59 Å². The lowest BCUT2D eigenvalue weighted by atomic mass is 10.2. The summed E-state index contributed by atoms with van der Waals surface area (Å²) in [7, 11) is 4.78. The summed E-state index contributed by atoms with van der Waals surface area (Å²) in [5.41, 5.74) is 0.599. The Morgan fingerprint density at radius 2 is 2.00 bits per heavy atom. The standard InChI is InChI=1S/C12H14N4O2/c1-15(2)11(17)8-16(3)12(18)10-5-4-9(6-13)7-14-10/h4-5,7H,8H2,1-3H3. The van der Waals surface area contributed by atoms with Gasteiger partial charge in [-0.1, -0.05) is 0 Å². The van der Waals surface area contributed by atoms with Crippen molar-refractivity contribution in [3.8, 4) is 6.07 Å². The highest BCUT2D eigenvalue weighted by Crippen LogP contribution is 2.02. The molecule has 1 aromatic rings. The van der Waals surface area contributed by atoms with E-state index < -0.39 is 0 Å². The number of nitrogens with zero attached hydrogens (tertiary/aromatic N) is 4. The van der Waals surface area contributed by atoms with E-state index in [2.05, 4.69) is 4.98 Å². The second-order valence-electron chi connectivity index (χ2n) is 3.99. The van der Waals surface area contributed by atoms with E-state index in [1.54, 1.807) is 14.1 Å². The molecule has 1 rings (SSSR count). The third-order valence-electron chi connectivity index (χ3n) is 2.33. The molecule has 0 fully saturated rings. The Labute approximate surface area is 105 Å². The highest BCUT2D eigenvalue weighted by molar-refractivity contribution is 5.94. The Bertz CT molecular complexity index is 488. The maximum absolute atomic E-state index is 11.9. The quantitative estimate of drug-likeness (QED) is 0.758. The number of aromatic nitrogens is 1. The summed E-state index contributed by atoms with van der Waals surface area (Å²) in [5, 5.41) is 8.62. The molecule has 0 atom stereocenters. The number of likely N-dealkylation sites (N-methyl/N-ethyl adjacent to an activating group) is 2. The van der Waals surface area contributed by atoms with Crippen molar-refractivity contribution in [1.82, 2.24) is 14.8 Å². The second kappa shape index (κ2) is 5.77. The average Bonchev–Trinajstić information content (AvgIpc) is 2.37. The molecule has 0 N–H and O–H groups in total. The molecule has 0 saturated heterocycles. The number of nitriles is 1. The number of carbonyl (C=O) groups excluding carboxylic acids is 2. The smallest absolute Gasteiger partial charge is 0.272 e. The van der Waals surface area contributed by atoms with E-state index in [1.807, 2.05) is 6.07 Å². The number of carbonyl (C=O) groups is 2. The summed E-state index contributed by atoms with van der Waals surface area (Å²) < 4.78 is 0. The third kappa shape index (κ3) is 3.28. The first-order valence-corrected chi connectivity index (χ1v) is 5.27. The fourth-order valence-corrected chi connectivity index (χ4v) is 1.20. The van der Waals surface area contributed by atoms with Crippen LogP contribution in [-0.4, -0.2) is 54.3 Å². The van der Waals surface area contributed by atoms with Gasteiger partial charge in [-0.3, -0.25) is 9.59 Å². The Kier molecular flexibility index (Phi) is 4.38. The molecule has 2 amide bonds. The molecule has 18 heavy (non-hydrogen) atoms. The number of rotatable bonds is 3. The number of pyridine rings is 1. The molecule has 0 radical (unpaired) electrons. The molecule has 0 aliphatic rings. The summed E-state index contributed by atoms with van der Waals surface area (Å²) in [4.78, 5) is 30.0. The first-order valence-electron chi connectivity index (χ1n) is 5.27. The fourth-order valence-electron chi connectivity index (χ4n) is 1.20. The average molecular weight is 246 g/mol. The Balaban J connectivity index is 2.74. The highest BCUT2D eigenvalue weighted by atomic mass is 16.2. The van der Waals surface area contributed by atoms with Crippen molar-refractivity contribution >= 4 is 11.8 Å². The van der Waals surface area contributed by atoms with Crippen LogP contribution in [0.4, 0.5) is 0 Å². The van der Waals surface area contributed by atoms with E-state index >= 15 is 0 Å². The van der Waals surface area contributed by atoms with Crippen molar-refractivity contribution in [2.45, 2.75) is 0 Å². The van der Waals surface area contributed by atoms with Gasteiger partial charge in [0.1, 0.15) is 11.8 Å². The van der Waals surface area contributed by atoms with Crippen molar-refractivity contribution in [2.75, 3.05) is 27.7 Å². The van der Waals surface area contributed by atoms with E-state index in [1.165, 1.54) is 35.2 Å². The van der Waals surface area contributed by atoms with Crippen LogP contribution < -0.4 is 0 Å². The van der Waals surface area contributed by atoms with Crippen LogP contribution in [0.3, 0.4) is 0 Å². The van der Waals surface area contributed by atoms with Gasteiger partial charge in [0, 0.05) is 27.3 Å². The number of hydrogen-bond acceptors (Lipinski definition) is 4. The van der Waals surface area contributed by atoms with Gasteiger partial charge in [-0.05, 0) is 12.1 Å². The lowest BCUT2D eigenvalue weighted by Gasteiger charge is -2.18. The minimum Gasteiger partial charge on any atom is -0.347 e. The predicted octanol–water partition coefficient (Wildman–Crippen LogP) is 0.113. The van der Waals surface area contributed by atoms with Gasteiger partial charge in [-0.2, -0.15) is 5.26 Å². The summed E-state index contributed by atoms with van der Waals surface area (Å²) in [6.07, 6.45) is 1.33. The predicted molar refractivity (Wildman–Crippen MR) is 64.6 cm³/mol. The van der Waals surface area contributed by atoms with Crippen molar-refractivity contribution in [3.63, 3.8) is 0 Å². The van der Waals surface area contributed by atoms with Gasteiger partial charge in [-0.15, -0.1) is 0 Å². The van der Waals surface area contributed by atoms with Crippen LogP contribution in [0, 0.1) is 11.3 Å². The molecule has 0 bridgehead atoms. The monoisotopic (exact) mass is 246 g/mol. The molecule has 1 aromatic heterocycles. The lowest BCUT2D eigenvalue weighted by molar-refractivity contribution is -0.129. The number of hydrogen-bond donors (Lipinski definition) is 0. The van der Waals surface area contributed by atoms with Gasteiger partial charge in [-0.25, -0.2) is 4.98 Å². The summed E-state index contributed by atoms with van der Waals surface area (Å²) in [5.74, 6) is -0.519. The van der Waals surface area contributed by atoms with Crippen LogP contribution in [0.5, 0.6) is 0 Å². The van der Waals surface area contributed by atoms with Crippen molar-refractivity contribution in [2.24, 2.45) is 0 Å². The number of amides is 2. The van der Waals surface area contributed by atoms with Crippen molar-refractivity contribution in [3.05, 3.63) is 29.6 Å². The minimum atomic E-state index is -0.352. The fraction of sp³-hybridized carbons (Fsp3) is 0.333. The molecule has 0 aromatic carbocycles. The zero-order chi connectivity index (χ0) is 13.7. The van der Waals surface area contributed by atoms with Crippen LogP contribution >= 0.6 is 0 Å². The molecule has 6 nitrogen and oxygen atoms in total. The molecule has 0 aliphatic heterocycles. The molecular weight excluding hydrogens is 232 g/mol. The highest BCUT2D eigenvalue weighted by Gasteiger charge is 2.16. The topological polar surface area (TPSA) is 77.3 Å². The zero-order valence-electron chi connectivity index (χ0n) is 10.5. The third-order valence-corrected chi connectivity index (χ3v) is 2.33. The Morgan fingerprint density at radius 1 is 1.33 bits per heavy atom. The van der Waals surface area contributed by atoms with E-state index in [-0.39, 0.29) is 24.1 Å². The van der Waals surface area contributed by atoms with Crippen LogP contribution in [0.2, 0.25) is 0 Å². The summed E-state index contributed by atoms with van der Waals surface area (Å²) in [6, 6.07) is 4.91. The van der Waals surface area contributed by atoms with E-state index in [4.69, 9.17) is 5.26 Å². The van der Waals surface area contributed by atoms with Crippen LogP contribution in [0.1, 0.15) is 16.1 Å². The maximum Gasteiger partial charge on any atom is 0.272 e. The van der Waals surface area contributed by atoms with Gasteiger partial charge in [0.25, 0.3) is 5.91 Å². The Morgan fingerprint density at radius 3 is 2.44 bits per heavy atom. The van der Waals surface area contributed by atoms with E-state index in [0.29, 0.717) is 5.56 Å². The summed E-state index contributed by atoms with van der Waals surface area (Å²) >= 11 is 0.